The average Bonchev–Trinajstić information content (AvgIpc) is 2.86. The number of aliphatic hydroxyl groups is 1. The predicted octanol–water partition coefficient (Wildman–Crippen LogP) is 1.30. The van der Waals surface area contributed by atoms with Crippen LogP contribution in [-0.4, -0.2) is 52.4 Å². The van der Waals surface area contributed by atoms with Crippen LogP contribution in [0.5, 0.6) is 6.01 Å². The number of aliphatic hydroxyl groups excluding tert-OH is 1. The summed E-state index contributed by atoms with van der Waals surface area (Å²) < 4.78 is 5.43. The van der Waals surface area contributed by atoms with Gasteiger partial charge in [-0.15, -0.1) is 0 Å². The van der Waals surface area contributed by atoms with Gasteiger partial charge < -0.3 is 20.1 Å². The zero-order chi connectivity index (χ0) is 15.2. The molecule has 1 saturated heterocycles. The number of hydrogen-bond acceptors (Lipinski definition) is 7. The van der Waals surface area contributed by atoms with E-state index in [0.717, 1.165) is 25.9 Å². The van der Waals surface area contributed by atoms with Gasteiger partial charge in [-0.2, -0.15) is 15.0 Å². The average molecular weight is 295 g/mol. The molecule has 1 aromatic heterocycles. The van der Waals surface area contributed by atoms with Gasteiger partial charge in [0.1, 0.15) is 0 Å². The quantitative estimate of drug-likeness (QED) is 0.784. The van der Waals surface area contributed by atoms with E-state index < -0.39 is 0 Å². The summed E-state index contributed by atoms with van der Waals surface area (Å²) in [6, 6.07) is 0.387. The molecule has 21 heavy (non-hydrogen) atoms. The molecule has 1 aliphatic heterocycles. The lowest BCUT2D eigenvalue weighted by atomic mass is 10.0. The third-order valence-corrected chi connectivity index (χ3v) is 3.74. The largest absolute Gasteiger partial charge is 0.464 e. The van der Waals surface area contributed by atoms with Crippen LogP contribution in [0.3, 0.4) is 0 Å². The fraction of sp³-hybridized carbons (Fsp3) is 0.786. The van der Waals surface area contributed by atoms with Crippen LogP contribution in [0.4, 0.5) is 11.9 Å². The number of anilines is 2. The molecule has 2 N–H and O–H groups in total. The minimum absolute atomic E-state index is 0.0564. The molecule has 1 fully saturated rings. The van der Waals surface area contributed by atoms with Crippen LogP contribution >= 0.6 is 0 Å². The van der Waals surface area contributed by atoms with Crippen molar-refractivity contribution in [3.8, 4) is 6.01 Å². The molecule has 118 valence electrons. The summed E-state index contributed by atoms with van der Waals surface area (Å²) in [7, 11) is 0. The Morgan fingerprint density at radius 2 is 2.14 bits per heavy atom. The number of ether oxygens (including phenoxy) is 1. The maximum atomic E-state index is 9.59. The monoisotopic (exact) mass is 295 g/mol. The first-order valence-electron chi connectivity index (χ1n) is 7.69. The van der Waals surface area contributed by atoms with Crippen molar-refractivity contribution in [2.45, 2.75) is 39.7 Å². The first-order valence-corrected chi connectivity index (χ1v) is 7.69. The zero-order valence-corrected chi connectivity index (χ0v) is 13.0. The van der Waals surface area contributed by atoms with Gasteiger partial charge in [0, 0.05) is 13.1 Å². The second kappa shape index (κ2) is 7.40. The van der Waals surface area contributed by atoms with E-state index in [1.807, 2.05) is 11.8 Å². The molecule has 2 rings (SSSR count). The van der Waals surface area contributed by atoms with E-state index in [0.29, 0.717) is 30.4 Å². The number of nitrogens with zero attached hydrogens (tertiary/aromatic N) is 4. The summed E-state index contributed by atoms with van der Waals surface area (Å²) in [5.41, 5.74) is 0. The van der Waals surface area contributed by atoms with Crippen molar-refractivity contribution in [1.29, 1.82) is 0 Å². The second-order valence-corrected chi connectivity index (χ2v) is 5.31. The molecule has 0 amide bonds. The molecule has 2 atom stereocenters. The van der Waals surface area contributed by atoms with Crippen molar-refractivity contribution in [2.75, 3.05) is 36.5 Å². The van der Waals surface area contributed by atoms with E-state index in [2.05, 4.69) is 34.1 Å². The van der Waals surface area contributed by atoms with Crippen molar-refractivity contribution in [1.82, 2.24) is 15.0 Å². The number of aromatic nitrogens is 3. The Hall–Kier alpha value is -1.63. The van der Waals surface area contributed by atoms with Crippen LogP contribution in [0.15, 0.2) is 0 Å². The van der Waals surface area contributed by atoms with Crippen LogP contribution in [0.25, 0.3) is 0 Å². The van der Waals surface area contributed by atoms with Gasteiger partial charge in [-0.05, 0) is 25.7 Å². The molecule has 2 unspecified atom stereocenters. The molecule has 7 heteroatoms. The van der Waals surface area contributed by atoms with Gasteiger partial charge in [-0.3, -0.25) is 0 Å². The second-order valence-electron chi connectivity index (χ2n) is 5.31. The molecule has 1 aromatic rings. The van der Waals surface area contributed by atoms with Gasteiger partial charge in [0.2, 0.25) is 11.9 Å². The first kappa shape index (κ1) is 15.8. The Balaban J connectivity index is 2.26. The number of nitrogens with one attached hydrogen (secondary N) is 1. The van der Waals surface area contributed by atoms with Crippen LogP contribution in [0, 0.1) is 5.92 Å². The van der Waals surface area contributed by atoms with Gasteiger partial charge in [0.15, 0.2) is 0 Å². The normalized spacial score (nSPS) is 21.6. The Kier molecular flexibility index (Phi) is 5.55. The fourth-order valence-electron chi connectivity index (χ4n) is 2.52. The molecule has 0 saturated carbocycles. The molecule has 2 heterocycles. The maximum Gasteiger partial charge on any atom is 0.323 e. The molecular formula is C14H25N5O2. The lowest BCUT2D eigenvalue weighted by Crippen LogP contribution is -2.36. The number of rotatable bonds is 7. The van der Waals surface area contributed by atoms with Crippen molar-refractivity contribution < 1.29 is 9.84 Å². The molecule has 0 bridgehead atoms. The third kappa shape index (κ3) is 3.72. The zero-order valence-electron chi connectivity index (χ0n) is 13.0. The Labute approximate surface area is 125 Å². The van der Waals surface area contributed by atoms with E-state index >= 15 is 0 Å². The fourth-order valence-corrected chi connectivity index (χ4v) is 2.52. The van der Waals surface area contributed by atoms with E-state index in [-0.39, 0.29) is 12.6 Å². The summed E-state index contributed by atoms with van der Waals surface area (Å²) in [6.45, 7) is 8.39. The maximum absolute atomic E-state index is 9.59. The van der Waals surface area contributed by atoms with Crippen molar-refractivity contribution >= 4 is 11.9 Å². The van der Waals surface area contributed by atoms with Crippen LogP contribution in [0.1, 0.15) is 33.6 Å². The molecule has 0 radical (unpaired) electrons. The van der Waals surface area contributed by atoms with Crippen LogP contribution in [-0.2, 0) is 0 Å². The summed E-state index contributed by atoms with van der Waals surface area (Å²) in [5, 5.41) is 12.8. The highest BCUT2D eigenvalue weighted by molar-refractivity contribution is 5.40. The molecular weight excluding hydrogens is 270 g/mol. The SMILES string of the molecule is CCCNc1nc(OCC)nc(N2CCC(C)C2CO)n1. The summed E-state index contributed by atoms with van der Waals surface area (Å²) in [6.07, 6.45) is 2.02. The van der Waals surface area contributed by atoms with Crippen molar-refractivity contribution in [3.63, 3.8) is 0 Å². The predicted molar refractivity (Wildman–Crippen MR) is 81.8 cm³/mol. The standard InChI is InChI=1S/C14H25N5O2/c1-4-7-15-12-16-13(18-14(17-12)21-5-2)19-8-6-10(3)11(19)9-20/h10-11,20H,4-9H2,1-3H3,(H,15,16,17,18). The lowest BCUT2D eigenvalue weighted by Gasteiger charge is -2.25. The summed E-state index contributed by atoms with van der Waals surface area (Å²) in [4.78, 5) is 15.2. The van der Waals surface area contributed by atoms with E-state index in [4.69, 9.17) is 4.74 Å². The summed E-state index contributed by atoms with van der Waals surface area (Å²) in [5.74, 6) is 1.53. The highest BCUT2D eigenvalue weighted by atomic mass is 16.5. The number of hydrogen-bond donors (Lipinski definition) is 2. The molecule has 0 spiro atoms. The Morgan fingerprint density at radius 3 is 2.81 bits per heavy atom. The van der Waals surface area contributed by atoms with Gasteiger partial charge in [0.25, 0.3) is 0 Å². The smallest absolute Gasteiger partial charge is 0.323 e. The molecule has 0 aliphatic carbocycles. The van der Waals surface area contributed by atoms with Gasteiger partial charge >= 0.3 is 6.01 Å². The van der Waals surface area contributed by atoms with E-state index in [1.165, 1.54) is 0 Å². The first-order chi connectivity index (χ1) is 10.2. The van der Waals surface area contributed by atoms with E-state index in [9.17, 15) is 5.11 Å². The highest BCUT2D eigenvalue weighted by Crippen LogP contribution is 2.28. The molecule has 7 nitrogen and oxygen atoms in total. The molecule has 1 aliphatic rings. The van der Waals surface area contributed by atoms with Crippen molar-refractivity contribution in [3.05, 3.63) is 0 Å². The van der Waals surface area contributed by atoms with Crippen LogP contribution < -0.4 is 15.0 Å². The van der Waals surface area contributed by atoms with Gasteiger partial charge in [-0.25, -0.2) is 0 Å². The Morgan fingerprint density at radius 1 is 1.33 bits per heavy atom. The summed E-state index contributed by atoms with van der Waals surface area (Å²) >= 11 is 0. The molecule has 0 aromatic carbocycles. The third-order valence-electron chi connectivity index (χ3n) is 3.74. The highest BCUT2D eigenvalue weighted by Gasteiger charge is 2.32. The minimum Gasteiger partial charge on any atom is -0.464 e. The minimum atomic E-state index is 0.0564. The topological polar surface area (TPSA) is 83.4 Å². The van der Waals surface area contributed by atoms with Gasteiger partial charge in [0.05, 0.1) is 19.3 Å². The Bertz CT molecular complexity index is 457. The van der Waals surface area contributed by atoms with E-state index in [1.54, 1.807) is 0 Å². The van der Waals surface area contributed by atoms with Crippen molar-refractivity contribution in [2.24, 2.45) is 5.92 Å². The van der Waals surface area contributed by atoms with Gasteiger partial charge in [-0.1, -0.05) is 13.8 Å². The lowest BCUT2D eigenvalue weighted by molar-refractivity contribution is 0.243. The van der Waals surface area contributed by atoms with Crippen LogP contribution in [0.2, 0.25) is 0 Å².